The lowest BCUT2D eigenvalue weighted by atomic mass is 10.2. The van der Waals surface area contributed by atoms with Crippen LogP contribution in [-0.4, -0.2) is 8.32 Å². The molecular formula is C20H25F3O2Si. The van der Waals surface area contributed by atoms with Gasteiger partial charge in [-0.3, -0.25) is 0 Å². The van der Waals surface area contributed by atoms with Gasteiger partial charge in [-0.25, -0.2) is 0 Å². The van der Waals surface area contributed by atoms with Gasteiger partial charge < -0.3 is 9.16 Å². The van der Waals surface area contributed by atoms with Gasteiger partial charge in [0, 0.05) is 0 Å². The summed E-state index contributed by atoms with van der Waals surface area (Å²) in [6.45, 7) is 10.8. The number of hydrogen-bond donors (Lipinski definition) is 0. The van der Waals surface area contributed by atoms with E-state index in [-0.39, 0.29) is 17.4 Å². The van der Waals surface area contributed by atoms with E-state index in [0.29, 0.717) is 0 Å². The third kappa shape index (κ3) is 5.03. The highest BCUT2D eigenvalue weighted by molar-refractivity contribution is 6.74. The predicted molar refractivity (Wildman–Crippen MR) is 100 cm³/mol. The van der Waals surface area contributed by atoms with Crippen LogP contribution in [0.3, 0.4) is 0 Å². The van der Waals surface area contributed by atoms with Crippen LogP contribution in [0.1, 0.15) is 31.9 Å². The Labute approximate surface area is 154 Å². The van der Waals surface area contributed by atoms with Crippen molar-refractivity contribution >= 4 is 8.32 Å². The summed E-state index contributed by atoms with van der Waals surface area (Å²) in [7, 11) is -1.98. The summed E-state index contributed by atoms with van der Waals surface area (Å²) < 4.78 is 50.8. The zero-order chi connectivity index (χ0) is 19.6. The second-order valence-electron chi connectivity index (χ2n) is 7.79. The van der Waals surface area contributed by atoms with E-state index < -0.39 is 20.1 Å². The molecule has 0 aliphatic rings. The summed E-state index contributed by atoms with van der Waals surface area (Å²) in [5.74, 6) is 0.553. The number of para-hydroxylation sites is 1. The van der Waals surface area contributed by atoms with Crippen LogP contribution in [0.25, 0.3) is 0 Å². The van der Waals surface area contributed by atoms with Gasteiger partial charge >= 0.3 is 6.18 Å². The smallest absolute Gasteiger partial charge is 0.419 e. The normalized spacial score (nSPS) is 12.8. The molecule has 6 heteroatoms. The number of benzene rings is 2. The fourth-order valence-corrected chi connectivity index (χ4v) is 3.16. The van der Waals surface area contributed by atoms with Gasteiger partial charge in [0.25, 0.3) is 0 Å². The molecule has 0 aliphatic heterocycles. The average Bonchev–Trinajstić information content (AvgIpc) is 2.51. The lowest BCUT2D eigenvalue weighted by molar-refractivity contribution is -0.139. The molecule has 0 bridgehead atoms. The summed E-state index contributed by atoms with van der Waals surface area (Å²) in [4.78, 5) is 0. The van der Waals surface area contributed by atoms with Crippen molar-refractivity contribution in [1.29, 1.82) is 0 Å². The van der Waals surface area contributed by atoms with Crippen molar-refractivity contribution < 1.29 is 22.3 Å². The number of ether oxygens (including phenoxy) is 1. The summed E-state index contributed by atoms with van der Waals surface area (Å²) in [5, 5.41) is 0.0607. The zero-order valence-electron chi connectivity index (χ0n) is 15.8. The molecule has 2 aromatic carbocycles. The fraction of sp³-hybridized carbons (Fsp3) is 0.400. The van der Waals surface area contributed by atoms with Crippen LogP contribution in [0, 0.1) is 0 Å². The molecule has 2 nitrogen and oxygen atoms in total. The molecular weight excluding hydrogens is 357 g/mol. The Morgan fingerprint density at radius 3 is 2.19 bits per heavy atom. The Morgan fingerprint density at radius 2 is 1.58 bits per heavy atom. The average molecular weight is 382 g/mol. The molecule has 0 spiro atoms. The molecule has 0 saturated carbocycles. The monoisotopic (exact) mass is 382 g/mol. The Morgan fingerprint density at radius 1 is 0.923 bits per heavy atom. The minimum Gasteiger partial charge on any atom is -0.543 e. The van der Waals surface area contributed by atoms with Crippen LogP contribution in [0.5, 0.6) is 11.5 Å². The first-order chi connectivity index (χ1) is 11.9. The van der Waals surface area contributed by atoms with Crippen molar-refractivity contribution in [2.75, 3.05) is 0 Å². The summed E-state index contributed by atoms with van der Waals surface area (Å²) in [6.07, 6.45) is -4.44. The molecule has 26 heavy (non-hydrogen) atoms. The summed E-state index contributed by atoms with van der Waals surface area (Å²) >= 11 is 0. The van der Waals surface area contributed by atoms with Crippen LogP contribution in [0.2, 0.25) is 18.1 Å². The number of rotatable bonds is 5. The maximum absolute atomic E-state index is 13.0. The third-order valence-electron chi connectivity index (χ3n) is 4.66. The topological polar surface area (TPSA) is 18.5 Å². The van der Waals surface area contributed by atoms with E-state index in [1.807, 2.05) is 24.3 Å². The van der Waals surface area contributed by atoms with Crippen molar-refractivity contribution in [3.05, 3.63) is 59.7 Å². The lowest BCUT2D eigenvalue weighted by Crippen LogP contribution is -2.43. The van der Waals surface area contributed by atoms with E-state index in [0.717, 1.165) is 17.4 Å². The Hall–Kier alpha value is -1.95. The molecule has 2 aromatic rings. The first-order valence-electron chi connectivity index (χ1n) is 8.47. The highest BCUT2D eigenvalue weighted by Crippen LogP contribution is 2.38. The van der Waals surface area contributed by atoms with Crippen molar-refractivity contribution in [2.24, 2.45) is 0 Å². The molecule has 0 heterocycles. The Bertz CT molecular complexity index is 749. The van der Waals surface area contributed by atoms with Gasteiger partial charge in [0.2, 0.25) is 8.32 Å². The zero-order valence-corrected chi connectivity index (χ0v) is 16.8. The van der Waals surface area contributed by atoms with E-state index in [4.69, 9.17) is 9.16 Å². The highest BCUT2D eigenvalue weighted by atomic mass is 28.4. The Kier molecular flexibility index (Phi) is 5.75. The first-order valence-corrected chi connectivity index (χ1v) is 11.4. The van der Waals surface area contributed by atoms with E-state index in [2.05, 4.69) is 33.9 Å². The van der Waals surface area contributed by atoms with E-state index in [9.17, 15) is 13.2 Å². The maximum atomic E-state index is 13.0. The van der Waals surface area contributed by atoms with Gasteiger partial charge in [0.05, 0.1) is 5.56 Å². The number of halogens is 3. The molecule has 0 atom stereocenters. The maximum Gasteiger partial charge on any atom is 0.419 e. The highest BCUT2D eigenvalue weighted by Gasteiger charge is 2.39. The molecule has 0 saturated heterocycles. The Balaban J connectivity index is 2.14. The second-order valence-corrected chi connectivity index (χ2v) is 12.5. The van der Waals surface area contributed by atoms with E-state index in [1.165, 1.54) is 18.2 Å². The minimum atomic E-state index is -4.44. The number of hydrogen-bond acceptors (Lipinski definition) is 2. The van der Waals surface area contributed by atoms with Gasteiger partial charge in [-0.05, 0) is 48.0 Å². The van der Waals surface area contributed by atoms with Gasteiger partial charge in [0.1, 0.15) is 18.1 Å². The molecule has 0 aliphatic carbocycles. The van der Waals surface area contributed by atoms with Gasteiger partial charge in [-0.15, -0.1) is 0 Å². The summed E-state index contributed by atoms with van der Waals surface area (Å²) in [6, 6.07) is 12.6. The fourth-order valence-electron chi connectivity index (χ4n) is 2.13. The molecule has 0 unspecified atom stereocenters. The quantitative estimate of drug-likeness (QED) is 0.538. The van der Waals surface area contributed by atoms with Crippen LogP contribution < -0.4 is 9.16 Å². The van der Waals surface area contributed by atoms with Gasteiger partial charge in [-0.2, -0.15) is 13.2 Å². The molecule has 0 aromatic heterocycles. The van der Waals surface area contributed by atoms with Crippen molar-refractivity contribution in [3.8, 4) is 11.5 Å². The van der Waals surface area contributed by atoms with Crippen molar-refractivity contribution in [2.45, 2.75) is 51.7 Å². The lowest BCUT2D eigenvalue weighted by Gasteiger charge is -2.36. The summed E-state index contributed by atoms with van der Waals surface area (Å²) in [5.41, 5.74) is -0.00753. The van der Waals surface area contributed by atoms with Crippen LogP contribution in [0.4, 0.5) is 13.2 Å². The van der Waals surface area contributed by atoms with Crippen LogP contribution in [-0.2, 0) is 12.8 Å². The SMILES string of the molecule is CC(C)(C)[Si](C)(C)Oc1cccc(COc2ccccc2C(F)(F)F)c1. The molecule has 0 N–H and O–H groups in total. The number of alkyl halides is 3. The van der Waals surface area contributed by atoms with E-state index >= 15 is 0 Å². The van der Waals surface area contributed by atoms with Crippen LogP contribution in [0.15, 0.2) is 48.5 Å². The van der Waals surface area contributed by atoms with Gasteiger partial charge in [0.15, 0.2) is 0 Å². The van der Waals surface area contributed by atoms with Gasteiger partial charge in [-0.1, -0.05) is 45.0 Å². The third-order valence-corrected chi connectivity index (χ3v) is 9.02. The molecule has 0 amide bonds. The largest absolute Gasteiger partial charge is 0.543 e. The van der Waals surface area contributed by atoms with E-state index in [1.54, 1.807) is 0 Å². The minimum absolute atomic E-state index is 0.0434. The molecule has 0 fully saturated rings. The molecule has 0 radical (unpaired) electrons. The second kappa shape index (κ2) is 7.35. The molecule has 2 rings (SSSR count). The first kappa shape index (κ1) is 20.4. The molecule has 142 valence electrons. The van der Waals surface area contributed by atoms with Crippen molar-refractivity contribution in [3.63, 3.8) is 0 Å². The van der Waals surface area contributed by atoms with Crippen LogP contribution >= 0.6 is 0 Å². The van der Waals surface area contributed by atoms with Crippen molar-refractivity contribution in [1.82, 2.24) is 0 Å². The standard InChI is InChI=1S/C20H25F3O2Si/c1-19(2,3)26(4,5)25-16-10-8-9-15(13-16)14-24-18-12-7-6-11-17(18)20(21,22)23/h6-13H,14H2,1-5H3. The predicted octanol–water partition coefficient (Wildman–Crippen LogP) is 6.67.